The number of nitrogens with zero attached hydrogens (tertiary/aromatic N) is 1. The zero-order valence-corrected chi connectivity index (χ0v) is 11.0. The molecule has 0 spiro atoms. The molecule has 2 heteroatoms. The van der Waals surface area contributed by atoms with Gasteiger partial charge in [-0.1, -0.05) is 33.8 Å². The van der Waals surface area contributed by atoms with Crippen LogP contribution in [0.4, 0.5) is 0 Å². The van der Waals surface area contributed by atoms with E-state index in [-0.39, 0.29) is 6.23 Å². The fraction of sp³-hybridized carbons (Fsp3) is 0.846. The molecule has 0 N–H and O–H groups in total. The molecule has 0 rings (SSSR count). The highest BCUT2D eigenvalue weighted by atomic mass is 16.5. The van der Waals surface area contributed by atoms with Crippen molar-refractivity contribution in [2.24, 2.45) is 0 Å². The lowest BCUT2D eigenvalue weighted by Crippen LogP contribution is -2.35. The Kier molecular flexibility index (Phi) is 8.73. The van der Waals surface area contributed by atoms with Gasteiger partial charge in [0.15, 0.2) is 0 Å². The molecule has 0 aromatic rings. The maximum absolute atomic E-state index is 6.04. The predicted octanol–water partition coefficient (Wildman–Crippen LogP) is 3.44. The van der Waals surface area contributed by atoms with Gasteiger partial charge in [-0.3, -0.25) is 4.90 Å². The van der Waals surface area contributed by atoms with Gasteiger partial charge in [0.1, 0.15) is 6.23 Å². The number of ether oxygens (including phenoxy) is 1. The van der Waals surface area contributed by atoms with Gasteiger partial charge in [0.25, 0.3) is 0 Å². The second-order valence-corrected chi connectivity index (χ2v) is 3.87. The van der Waals surface area contributed by atoms with Crippen LogP contribution in [-0.4, -0.2) is 30.8 Å². The Morgan fingerprint density at radius 1 is 1.13 bits per heavy atom. The van der Waals surface area contributed by atoms with Crippen LogP contribution in [0.2, 0.25) is 0 Å². The third kappa shape index (κ3) is 5.95. The van der Waals surface area contributed by atoms with E-state index >= 15 is 0 Å². The minimum absolute atomic E-state index is 0.139. The molecule has 1 atom stereocenters. The number of allylic oxidation sites excluding steroid dienone is 1. The van der Waals surface area contributed by atoms with Gasteiger partial charge in [0, 0.05) is 0 Å². The molecule has 2 nitrogen and oxygen atoms in total. The molecule has 0 saturated heterocycles. The van der Waals surface area contributed by atoms with Gasteiger partial charge >= 0.3 is 0 Å². The van der Waals surface area contributed by atoms with Crippen LogP contribution in [0.5, 0.6) is 0 Å². The SMILES string of the molecule is CC/C=C\C(OC(CC)CC)N(C)CC. The average molecular weight is 213 g/mol. The van der Waals surface area contributed by atoms with E-state index in [0.29, 0.717) is 6.10 Å². The van der Waals surface area contributed by atoms with E-state index in [4.69, 9.17) is 4.74 Å². The van der Waals surface area contributed by atoms with Crippen molar-refractivity contribution in [1.82, 2.24) is 4.90 Å². The van der Waals surface area contributed by atoms with E-state index in [2.05, 4.69) is 51.8 Å². The second-order valence-electron chi connectivity index (χ2n) is 3.87. The fourth-order valence-electron chi connectivity index (χ4n) is 1.41. The van der Waals surface area contributed by atoms with Crippen molar-refractivity contribution in [2.45, 2.75) is 59.3 Å². The summed E-state index contributed by atoms with van der Waals surface area (Å²) in [5, 5.41) is 0. The maximum atomic E-state index is 6.04. The van der Waals surface area contributed by atoms with E-state index in [1.165, 1.54) is 0 Å². The summed E-state index contributed by atoms with van der Waals surface area (Å²) in [7, 11) is 2.10. The van der Waals surface area contributed by atoms with E-state index in [1.54, 1.807) is 0 Å². The van der Waals surface area contributed by atoms with Crippen molar-refractivity contribution in [1.29, 1.82) is 0 Å². The normalized spacial score (nSPS) is 14.3. The Morgan fingerprint density at radius 3 is 2.13 bits per heavy atom. The molecular formula is C13H27NO. The van der Waals surface area contributed by atoms with Gasteiger partial charge in [-0.15, -0.1) is 0 Å². The first-order chi connectivity index (χ1) is 7.19. The lowest BCUT2D eigenvalue weighted by atomic mass is 10.2. The van der Waals surface area contributed by atoms with Crippen molar-refractivity contribution in [2.75, 3.05) is 13.6 Å². The Hall–Kier alpha value is -0.340. The van der Waals surface area contributed by atoms with E-state index in [1.807, 2.05) is 0 Å². The fourth-order valence-corrected chi connectivity index (χ4v) is 1.41. The summed E-state index contributed by atoms with van der Waals surface area (Å²) in [6.45, 7) is 9.68. The second kappa shape index (κ2) is 8.93. The molecule has 0 saturated carbocycles. The Balaban J connectivity index is 4.28. The molecule has 0 radical (unpaired) electrons. The first-order valence-corrected chi connectivity index (χ1v) is 6.21. The molecule has 15 heavy (non-hydrogen) atoms. The molecule has 0 fully saturated rings. The van der Waals surface area contributed by atoms with Gasteiger partial charge in [0.05, 0.1) is 6.10 Å². The molecular weight excluding hydrogens is 186 g/mol. The summed E-state index contributed by atoms with van der Waals surface area (Å²) >= 11 is 0. The summed E-state index contributed by atoms with van der Waals surface area (Å²) in [5.74, 6) is 0. The zero-order valence-electron chi connectivity index (χ0n) is 11.0. The standard InChI is InChI=1S/C13H27NO/c1-6-10-11-13(14(5)9-4)15-12(7-2)8-3/h10-13H,6-9H2,1-5H3/b11-10-. The number of hydrogen-bond acceptors (Lipinski definition) is 2. The van der Waals surface area contributed by atoms with Crippen LogP contribution in [0, 0.1) is 0 Å². The molecule has 0 aromatic carbocycles. The van der Waals surface area contributed by atoms with Crippen LogP contribution in [0.25, 0.3) is 0 Å². The number of likely N-dealkylation sites (N-methyl/N-ethyl adjacent to an activating group) is 1. The lowest BCUT2D eigenvalue weighted by molar-refractivity contribution is -0.0631. The van der Waals surface area contributed by atoms with Crippen molar-refractivity contribution in [3.63, 3.8) is 0 Å². The molecule has 0 bridgehead atoms. The van der Waals surface area contributed by atoms with Crippen LogP contribution in [0.3, 0.4) is 0 Å². The summed E-state index contributed by atoms with van der Waals surface area (Å²) in [4.78, 5) is 2.23. The zero-order chi connectivity index (χ0) is 11.7. The van der Waals surface area contributed by atoms with Crippen molar-refractivity contribution in [3.05, 3.63) is 12.2 Å². The van der Waals surface area contributed by atoms with Crippen LogP contribution in [0.1, 0.15) is 47.0 Å². The first kappa shape index (κ1) is 14.7. The molecule has 0 amide bonds. The average Bonchev–Trinajstić information content (AvgIpc) is 2.28. The van der Waals surface area contributed by atoms with E-state index in [0.717, 1.165) is 25.8 Å². The van der Waals surface area contributed by atoms with Crippen LogP contribution < -0.4 is 0 Å². The summed E-state index contributed by atoms with van der Waals surface area (Å²) in [6.07, 6.45) is 8.11. The third-order valence-corrected chi connectivity index (χ3v) is 2.71. The highest BCUT2D eigenvalue weighted by molar-refractivity contribution is 4.88. The van der Waals surface area contributed by atoms with Gasteiger partial charge in [-0.2, -0.15) is 0 Å². The smallest absolute Gasteiger partial charge is 0.129 e. The van der Waals surface area contributed by atoms with Crippen molar-refractivity contribution >= 4 is 0 Å². The minimum atomic E-state index is 0.139. The maximum Gasteiger partial charge on any atom is 0.129 e. The van der Waals surface area contributed by atoms with Crippen molar-refractivity contribution < 1.29 is 4.74 Å². The quantitative estimate of drug-likeness (QED) is 0.452. The van der Waals surface area contributed by atoms with Gasteiger partial charge in [-0.05, 0) is 38.9 Å². The number of rotatable bonds is 8. The van der Waals surface area contributed by atoms with Crippen LogP contribution in [-0.2, 0) is 4.74 Å². The molecule has 0 aliphatic heterocycles. The minimum Gasteiger partial charge on any atom is -0.356 e. The predicted molar refractivity (Wildman–Crippen MR) is 67.0 cm³/mol. The molecule has 0 aliphatic rings. The monoisotopic (exact) mass is 213 g/mol. The molecule has 90 valence electrons. The summed E-state index contributed by atoms with van der Waals surface area (Å²) in [5.41, 5.74) is 0. The van der Waals surface area contributed by atoms with Gasteiger partial charge < -0.3 is 4.74 Å². The topological polar surface area (TPSA) is 12.5 Å². The molecule has 0 aliphatic carbocycles. The van der Waals surface area contributed by atoms with Gasteiger partial charge in [-0.25, -0.2) is 0 Å². The van der Waals surface area contributed by atoms with Crippen molar-refractivity contribution in [3.8, 4) is 0 Å². The van der Waals surface area contributed by atoms with Crippen LogP contribution >= 0.6 is 0 Å². The number of hydrogen-bond donors (Lipinski definition) is 0. The summed E-state index contributed by atoms with van der Waals surface area (Å²) < 4.78 is 6.04. The highest BCUT2D eigenvalue weighted by Gasteiger charge is 2.14. The third-order valence-electron chi connectivity index (χ3n) is 2.71. The molecule has 1 unspecified atom stereocenters. The van der Waals surface area contributed by atoms with E-state index < -0.39 is 0 Å². The highest BCUT2D eigenvalue weighted by Crippen LogP contribution is 2.10. The largest absolute Gasteiger partial charge is 0.356 e. The summed E-state index contributed by atoms with van der Waals surface area (Å²) in [6, 6.07) is 0. The first-order valence-electron chi connectivity index (χ1n) is 6.21. The Morgan fingerprint density at radius 2 is 1.73 bits per heavy atom. The van der Waals surface area contributed by atoms with Gasteiger partial charge in [0.2, 0.25) is 0 Å². The molecule has 0 heterocycles. The Bertz CT molecular complexity index is 164. The van der Waals surface area contributed by atoms with E-state index in [9.17, 15) is 0 Å². The molecule has 0 aromatic heterocycles. The Labute approximate surface area is 95.3 Å². The van der Waals surface area contributed by atoms with Crippen LogP contribution in [0.15, 0.2) is 12.2 Å². The lowest BCUT2D eigenvalue weighted by Gasteiger charge is -2.28.